The number of hydrogen-bond donors (Lipinski definition) is 1. The number of hydrogen-bond acceptors (Lipinski definition) is 2. The molecule has 1 heterocycles. The van der Waals surface area contributed by atoms with E-state index in [-0.39, 0.29) is 6.10 Å². The summed E-state index contributed by atoms with van der Waals surface area (Å²) >= 11 is 0. The van der Waals surface area contributed by atoms with Crippen LogP contribution < -0.4 is 10.1 Å². The van der Waals surface area contributed by atoms with Gasteiger partial charge in [0.25, 0.3) is 0 Å². The van der Waals surface area contributed by atoms with E-state index in [4.69, 9.17) is 4.74 Å². The van der Waals surface area contributed by atoms with Gasteiger partial charge in [0.2, 0.25) is 0 Å². The highest BCUT2D eigenvalue weighted by Gasteiger charge is 2.18. The van der Waals surface area contributed by atoms with E-state index in [0.717, 1.165) is 38.1 Å². The minimum absolute atomic E-state index is 0.278. The molecule has 0 aliphatic carbocycles. The fourth-order valence-corrected chi connectivity index (χ4v) is 3.56. The quantitative estimate of drug-likeness (QED) is 0.644. The van der Waals surface area contributed by atoms with Crippen molar-refractivity contribution in [2.45, 2.75) is 25.4 Å². The molecule has 0 saturated heterocycles. The van der Waals surface area contributed by atoms with Crippen molar-refractivity contribution in [3.8, 4) is 16.9 Å². The van der Waals surface area contributed by atoms with Crippen LogP contribution in [0.2, 0.25) is 0 Å². The summed E-state index contributed by atoms with van der Waals surface area (Å²) in [6, 6.07) is 27.8. The first-order chi connectivity index (χ1) is 12.9. The van der Waals surface area contributed by atoms with Crippen LogP contribution in [0.15, 0.2) is 78.9 Å². The zero-order valence-electron chi connectivity index (χ0n) is 15.0. The maximum Gasteiger partial charge on any atom is 0.122 e. The molecule has 1 aliphatic heterocycles. The first-order valence-electron chi connectivity index (χ1n) is 9.48. The predicted octanol–water partition coefficient (Wildman–Crippen LogP) is 4.88. The fourth-order valence-electron chi connectivity index (χ4n) is 3.56. The molecule has 0 radical (unpaired) electrons. The molecule has 2 heteroatoms. The Morgan fingerprint density at radius 3 is 2.58 bits per heavy atom. The second-order valence-corrected chi connectivity index (χ2v) is 6.91. The van der Waals surface area contributed by atoms with Crippen LogP contribution in [0.1, 0.15) is 17.5 Å². The molecule has 0 saturated carbocycles. The van der Waals surface area contributed by atoms with Crippen LogP contribution in [0.3, 0.4) is 0 Å². The van der Waals surface area contributed by atoms with Gasteiger partial charge >= 0.3 is 0 Å². The zero-order chi connectivity index (χ0) is 17.6. The average molecular weight is 343 g/mol. The van der Waals surface area contributed by atoms with Gasteiger partial charge < -0.3 is 10.1 Å². The average Bonchev–Trinajstić information content (AvgIpc) is 2.72. The number of nitrogens with one attached hydrogen (secondary N) is 1. The van der Waals surface area contributed by atoms with Crippen molar-refractivity contribution in [2.75, 3.05) is 13.1 Å². The third-order valence-corrected chi connectivity index (χ3v) is 5.00. The van der Waals surface area contributed by atoms with Crippen LogP contribution >= 0.6 is 0 Å². The van der Waals surface area contributed by atoms with Crippen LogP contribution in [0.25, 0.3) is 11.1 Å². The molecule has 1 N–H and O–H groups in total. The summed E-state index contributed by atoms with van der Waals surface area (Å²) < 4.78 is 6.10. The highest BCUT2D eigenvalue weighted by atomic mass is 16.5. The predicted molar refractivity (Wildman–Crippen MR) is 108 cm³/mol. The van der Waals surface area contributed by atoms with Gasteiger partial charge in [0.15, 0.2) is 0 Å². The van der Waals surface area contributed by atoms with E-state index < -0.39 is 0 Å². The normalized spacial score (nSPS) is 15.9. The van der Waals surface area contributed by atoms with E-state index in [0.29, 0.717) is 0 Å². The molecule has 132 valence electrons. The Morgan fingerprint density at radius 1 is 0.846 bits per heavy atom. The molecule has 26 heavy (non-hydrogen) atoms. The molecule has 1 unspecified atom stereocenters. The SMILES string of the molecule is c1ccc(-c2cccc(CCNCC3CCc4ccccc4O3)c2)cc1. The lowest BCUT2D eigenvalue weighted by Gasteiger charge is -2.26. The molecule has 2 nitrogen and oxygen atoms in total. The third-order valence-electron chi connectivity index (χ3n) is 5.00. The van der Waals surface area contributed by atoms with Crippen molar-refractivity contribution < 1.29 is 4.74 Å². The third kappa shape index (κ3) is 4.14. The first kappa shape index (κ1) is 16.9. The van der Waals surface area contributed by atoms with Gasteiger partial charge in [-0.05, 0) is 54.1 Å². The number of aryl methyl sites for hydroxylation is 1. The molecule has 1 aliphatic rings. The van der Waals surface area contributed by atoms with E-state index in [1.165, 1.54) is 22.3 Å². The lowest BCUT2D eigenvalue weighted by atomic mass is 10.0. The summed E-state index contributed by atoms with van der Waals surface area (Å²) in [4.78, 5) is 0. The van der Waals surface area contributed by atoms with Gasteiger partial charge in [-0.25, -0.2) is 0 Å². The number of rotatable bonds is 6. The Balaban J connectivity index is 1.27. The van der Waals surface area contributed by atoms with Crippen LogP contribution in [-0.2, 0) is 12.8 Å². The molecular formula is C24H25NO. The van der Waals surface area contributed by atoms with E-state index in [1.807, 2.05) is 6.07 Å². The summed E-state index contributed by atoms with van der Waals surface area (Å²) in [7, 11) is 0. The first-order valence-corrected chi connectivity index (χ1v) is 9.48. The van der Waals surface area contributed by atoms with Gasteiger partial charge in [0.1, 0.15) is 11.9 Å². The molecule has 0 spiro atoms. The molecule has 4 rings (SSSR count). The van der Waals surface area contributed by atoms with Crippen molar-refractivity contribution in [2.24, 2.45) is 0 Å². The fraction of sp³-hybridized carbons (Fsp3) is 0.250. The molecule has 0 amide bonds. The van der Waals surface area contributed by atoms with Crippen LogP contribution in [-0.4, -0.2) is 19.2 Å². The highest BCUT2D eigenvalue weighted by molar-refractivity contribution is 5.63. The molecule has 0 aromatic heterocycles. The smallest absolute Gasteiger partial charge is 0.122 e. The van der Waals surface area contributed by atoms with Crippen molar-refractivity contribution in [3.63, 3.8) is 0 Å². The minimum Gasteiger partial charge on any atom is -0.489 e. The Hall–Kier alpha value is -2.58. The Kier molecular flexibility index (Phi) is 5.32. The number of benzene rings is 3. The van der Waals surface area contributed by atoms with Crippen LogP contribution in [0.4, 0.5) is 0 Å². The molecular weight excluding hydrogens is 318 g/mol. The maximum atomic E-state index is 6.10. The van der Waals surface area contributed by atoms with Gasteiger partial charge in [0.05, 0.1) is 0 Å². The van der Waals surface area contributed by atoms with Crippen molar-refractivity contribution in [1.82, 2.24) is 5.32 Å². The summed E-state index contributed by atoms with van der Waals surface area (Å²) in [6.07, 6.45) is 3.51. The number of fused-ring (bicyclic) bond motifs is 1. The van der Waals surface area contributed by atoms with E-state index in [1.54, 1.807) is 0 Å². The summed E-state index contributed by atoms with van der Waals surface area (Å²) in [5.41, 5.74) is 5.27. The van der Waals surface area contributed by atoms with Crippen molar-refractivity contribution in [3.05, 3.63) is 90.0 Å². The molecule has 3 aromatic carbocycles. The lowest BCUT2D eigenvalue weighted by molar-refractivity contribution is 0.171. The van der Waals surface area contributed by atoms with Crippen LogP contribution in [0, 0.1) is 0 Å². The number of ether oxygens (including phenoxy) is 1. The molecule has 0 bridgehead atoms. The van der Waals surface area contributed by atoms with Crippen molar-refractivity contribution in [1.29, 1.82) is 0 Å². The standard InChI is InChI=1S/C24H25NO/c1-2-8-20(9-3-1)22-11-6-7-19(17-22)15-16-25-18-23-14-13-21-10-4-5-12-24(21)26-23/h1-12,17,23,25H,13-16,18H2. The molecule has 3 aromatic rings. The highest BCUT2D eigenvalue weighted by Crippen LogP contribution is 2.26. The second kappa shape index (κ2) is 8.20. The second-order valence-electron chi connectivity index (χ2n) is 6.91. The van der Waals surface area contributed by atoms with Gasteiger partial charge in [-0.2, -0.15) is 0 Å². The topological polar surface area (TPSA) is 21.3 Å². The summed E-state index contributed by atoms with van der Waals surface area (Å²) in [6.45, 7) is 1.88. The lowest BCUT2D eigenvalue weighted by Crippen LogP contribution is -2.35. The van der Waals surface area contributed by atoms with Gasteiger partial charge in [0, 0.05) is 6.54 Å². The van der Waals surface area contributed by atoms with Crippen molar-refractivity contribution >= 4 is 0 Å². The monoisotopic (exact) mass is 343 g/mol. The summed E-state index contributed by atoms with van der Waals surface area (Å²) in [5.74, 6) is 1.06. The number of para-hydroxylation sites is 1. The summed E-state index contributed by atoms with van der Waals surface area (Å²) in [5, 5.41) is 3.57. The minimum atomic E-state index is 0.278. The Labute approximate surface area is 155 Å². The molecule has 0 fully saturated rings. The van der Waals surface area contributed by atoms with E-state index in [2.05, 4.69) is 78.1 Å². The Bertz CT molecular complexity index is 844. The maximum absolute atomic E-state index is 6.10. The zero-order valence-corrected chi connectivity index (χ0v) is 15.0. The van der Waals surface area contributed by atoms with E-state index >= 15 is 0 Å². The van der Waals surface area contributed by atoms with Gasteiger partial charge in [-0.3, -0.25) is 0 Å². The largest absolute Gasteiger partial charge is 0.489 e. The van der Waals surface area contributed by atoms with E-state index in [9.17, 15) is 0 Å². The van der Waals surface area contributed by atoms with Gasteiger partial charge in [-0.15, -0.1) is 0 Å². The van der Waals surface area contributed by atoms with Crippen LogP contribution in [0.5, 0.6) is 5.75 Å². The van der Waals surface area contributed by atoms with Gasteiger partial charge in [-0.1, -0.05) is 72.8 Å². The Morgan fingerprint density at radius 2 is 1.65 bits per heavy atom. The molecule has 1 atom stereocenters.